The van der Waals surface area contributed by atoms with Crippen LogP contribution in [0, 0.1) is 6.92 Å². The quantitative estimate of drug-likeness (QED) is 0.482. The summed E-state index contributed by atoms with van der Waals surface area (Å²) < 4.78 is 3.89. The van der Waals surface area contributed by atoms with Gasteiger partial charge in [-0.1, -0.05) is 29.8 Å². The lowest BCUT2D eigenvalue weighted by molar-refractivity contribution is -0.127. The molecule has 0 saturated carbocycles. The second kappa shape index (κ2) is 9.88. The largest absolute Gasteiger partial charge is 0.396 e. The molecular formula is C21H29N5O4S. The Hall–Kier alpha value is -2.98. The van der Waals surface area contributed by atoms with Crippen molar-refractivity contribution in [3.05, 3.63) is 46.0 Å². The number of aliphatic hydroxyl groups excluding tert-OH is 1. The van der Waals surface area contributed by atoms with Crippen LogP contribution in [0.25, 0.3) is 0 Å². The number of carbonyl (C=O) groups excluding carboxylic acids is 3. The molecule has 0 saturated heterocycles. The second-order valence-corrected chi connectivity index (χ2v) is 9.04. The molecular weight excluding hydrogens is 418 g/mol. The van der Waals surface area contributed by atoms with E-state index in [1.807, 2.05) is 39.8 Å². The third kappa shape index (κ3) is 6.02. The molecule has 2 rings (SSSR count). The van der Waals surface area contributed by atoms with Crippen LogP contribution in [0.15, 0.2) is 24.3 Å². The number of nitrogen functional groups attached to an aromatic ring is 1. The standard InChI is InChI=1S/C21H29N5O4S/c1-12-6-8-13(9-7-12)16(19(29)24-21(2,3)4)26(10-5-11-27)20(30)17-14(22)15(18(23)28)25-31-17/h6-9,16,27H,5,10-11,22H2,1-4H3,(H2,23,28)(H,24,29). The predicted molar refractivity (Wildman–Crippen MR) is 120 cm³/mol. The molecule has 1 heterocycles. The Morgan fingerprint density at radius 2 is 1.84 bits per heavy atom. The third-order valence-corrected chi connectivity index (χ3v) is 5.28. The highest BCUT2D eigenvalue weighted by Crippen LogP contribution is 2.29. The van der Waals surface area contributed by atoms with E-state index in [9.17, 15) is 19.5 Å². The number of hydrogen-bond donors (Lipinski definition) is 4. The van der Waals surface area contributed by atoms with Gasteiger partial charge in [0.2, 0.25) is 5.91 Å². The Bertz CT molecular complexity index is 950. The molecule has 2 aromatic rings. The molecule has 3 amide bonds. The SMILES string of the molecule is Cc1ccc(C(C(=O)NC(C)(C)C)N(CCCO)C(=O)c2snc(C(N)=O)c2N)cc1. The summed E-state index contributed by atoms with van der Waals surface area (Å²) in [7, 11) is 0. The van der Waals surface area contributed by atoms with Gasteiger partial charge >= 0.3 is 0 Å². The molecule has 1 unspecified atom stereocenters. The van der Waals surface area contributed by atoms with E-state index < -0.39 is 23.4 Å². The summed E-state index contributed by atoms with van der Waals surface area (Å²) in [5, 5.41) is 12.3. The van der Waals surface area contributed by atoms with E-state index in [0.29, 0.717) is 5.56 Å². The molecule has 1 aromatic carbocycles. The van der Waals surface area contributed by atoms with Crippen molar-refractivity contribution in [2.75, 3.05) is 18.9 Å². The van der Waals surface area contributed by atoms with Crippen molar-refractivity contribution in [1.29, 1.82) is 0 Å². The van der Waals surface area contributed by atoms with E-state index in [1.165, 1.54) is 4.90 Å². The number of nitrogens with zero attached hydrogens (tertiary/aromatic N) is 2. The van der Waals surface area contributed by atoms with E-state index in [-0.39, 0.29) is 41.7 Å². The van der Waals surface area contributed by atoms with Gasteiger partial charge in [-0.25, -0.2) is 0 Å². The van der Waals surface area contributed by atoms with Gasteiger partial charge in [-0.15, -0.1) is 0 Å². The Morgan fingerprint density at radius 3 is 2.32 bits per heavy atom. The van der Waals surface area contributed by atoms with Gasteiger partial charge in [0.1, 0.15) is 10.9 Å². The maximum Gasteiger partial charge on any atom is 0.270 e. The summed E-state index contributed by atoms with van der Waals surface area (Å²) in [4.78, 5) is 39.6. The summed E-state index contributed by atoms with van der Waals surface area (Å²) in [5.74, 6) is -1.78. The Labute approximate surface area is 185 Å². The molecule has 0 spiro atoms. The fraction of sp³-hybridized carbons (Fsp3) is 0.429. The van der Waals surface area contributed by atoms with Crippen LogP contribution in [0.5, 0.6) is 0 Å². The van der Waals surface area contributed by atoms with Gasteiger partial charge in [0.05, 0.1) is 5.69 Å². The Morgan fingerprint density at radius 1 is 1.23 bits per heavy atom. The molecule has 10 heteroatoms. The predicted octanol–water partition coefficient (Wildman–Crippen LogP) is 1.61. The number of amides is 3. The maximum absolute atomic E-state index is 13.5. The maximum atomic E-state index is 13.5. The number of aromatic nitrogens is 1. The molecule has 0 aliphatic heterocycles. The molecule has 1 aromatic heterocycles. The zero-order valence-electron chi connectivity index (χ0n) is 18.1. The monoisotopic (exact) mass is 447 g/mol. The normalized spacial score (nSPS) is 12.3. The average Bonchev–Trinajstić information content (AvgIpc) is 3.06. The summed E-state index contributed by atoms with van der Waals surface area (Å²) in [6.07, 6.45) is 0.248. The summed E-state index contributed by atoms with van der Waals surface area (Å²) in [5.41, 5.74) is 12.0. The number of anilines is 1. The van der Waals surface area contributed by atoms with Gasteiger partial charge in [0.25, 0.3) is 11.8 Å². The third-order valence-electron chi connectivity index (χ3n) is 4.42. The van der Waals surface area contributed by atoms with Crippen LogP contribution in [0.4, 0.5) is 5.69 Å². The number of aryl methyl sites for hydroxylation is 1. The number of rotatable bonds is 8. The number of aliphatic hydroxyl groups is 1. The van der Waals surface area contributed by atoms with E-state index in [4.69, 9.17) is 11.5 Å². The smallest absolute Gasteiger partial charge is 0.270 e. The fourth-order valence-electron chi connectivity index (χ4n) is 3.01. The van der Waals surface area contributed by atoms with Gasteiger partial charge in [0, 0.05) is 18.7 Å². The van der Waals surface area contributed by atoms with Gasteiger partial charge in [-0.3, -0.25) is 14.4 Å². The first kappa shape index (κ1) is 24.3. The molecule has 1 atom stereocenters. The Balaban J connectivity index is 2.56. The van der Waals surface area contributed by atoms with E-state index in [1.54, 1.807) is 12.1 Å². The molecule has 6 N–H and O–H groups in total. The highest BCUT2D eigenvalue weighted by atomic mass is 32.1. The van der Waals surface area contributed by atoms with Crippen LogP contribution in [-0.2, 0) is 4.79 Å². The van der Waals surface area contributed by atoms with Gasteiger partial charge < -0.3 is 26.8 Å². The van der Waals surface area contributed by atoms with Crippen molar-refractivity contribution in [2.45, 2.75) is 45.7 Å². The summed E-state index contributed by atoms with van der Waals surface area (Å²) in [6.45, 7) is 7.38. The second-order valence-electron chi connectivity index (χ2n) is 8.27. The minimum absolute atomic E-state index is 0.0208. The minimum atomic E-state index is -0.975. The molecule has 31 heavy (non-hydrogen) atoms. The fourth-order valence-corrected chi connectivity index (χ4v) is 3.77. The topological polar surface area (TPSA) is 152 Å². The van der Waals surface area contributed by atoms with Crippen LogP contribution >= 0.6 is 11.5 Å². The van der Waals surface area contributed by atoms with Crippen molar-refractivity contribution in [3.63, 3.8) is 0 Å². The van der Waals surface area contributed by atoms with E-state index >= 15 is 0 Å². The summed E-state index contributed by atoms with van der Waals surface area (Å²) >= 11 is 0.753. The number of carbonyl (C=O) groups is 3. The van der Waals surface area contributed by atoms with Crippen molar-refractivity contribution in [3.8, 4) is 0 Å². The van der Waals surface area contributed by atoms with Crippen molar-refractivity contribution in [2.24, 2.45) is 5.73 Å². The minimum Gasteiger partial charge on any atom is -0.396 e. The highest BCUT2D eigenvalue weighted by molar-refractivity contribution is 7.09. The number of nitrogens with two attached hydrogens (primary N) is 2. The van der Waals surface area contributed by atoms with Gasteiger partial charge in [-0.2, -0.15) is 4.37 Å². The first-order chi connectivity index (χ1) is 14.5. The molecule has 0 radical (unpaired) electrons. The highest BCUT2D eigenvalue weighted by Gasteiger charge is 2.35. The molecule has 0 aliphatic carbocycles. The number of nitrogens with one attached hydrogen (secondary N) is 1. The lowest BCUT2D eigenvalue weighted by Gasteiger charge is -2.33. The lowest BCUT2D eigenvalue weighted by Crippen LogP contribution is -2.49. The first-order valence-corrected chi connectivity index (χ1v) is 10.6. The van der Waals surface area contributed by atoms with Crippen LogP contribution in [0.3, 0.4) is 0 Å². The average molecular weight is 448 g/mol. The van der Waals surface area contributed by atoms with Crippen LogP contribution in [-0.4, -0.2) is 50.8 Å². The summed E-state index contributed by atoms with van der Waals surface area (Å²) in [6, 6.07) is 6.30. The van der Waals surface area contributed by atoms with Crippen molar-refractivity contribution < 1.29 is 19.5 Å². The zero-order chi connectivity index (χ0) is 23.3. The van der Waals surface area contributed by atoms with E-state index in [0.717, 1.165) is 17.1 Å². The molecule has 0 bridgehead atoms. The van der Waals surface area contributed by atoms with Gasteiger partial charge in [0.15, 0.2) is 5.69 Å². The lowest BCUT2D eigenvalue weighted by atomic mass is 10.00. The van der Waals surface area contributed by atoms with Crippen molar-refractivity contribution >= 4 is 34.9 Å². The van der Waals surface area contributed by atoms with E-state index in [2.05, 4.69) is 9.69 Å². The molecule has 9 nitrogen and oxygen atoms in total. The Kier molecular flexibility index (Phi) is 7.75. The first-order valence-electron chi connectivity index (χ1n) is 9.81. The van der Waals surface area contributed by atoms with Gasteiger partial charge in [-0.05, 0) is 51.2 Å². The van der Waals surface area contributed by atoms with Crippen LogP contribution in [0.2, 0.25) is 0 Å². The van der Waals surface area contributed by atoms with Crippen LogP contribution in [0.1, 0.15) is 64.5 Å². The molecule has 168 valence electrons. The van der Waals surface area contributed by atoms with Crippen molar-refractivity contribution in [1.82, 2.24) is 14.6 Å². The zero-order valence-corrected chi connectivity index (χ0v) is 19.0. The number of benzene rings is 1. The number of hydrogen-bond acceptors (Lipinski definition) is 7. The molecule has 0 aliphatic rings. The number of primary amides is 1. The van der Waals surface area contributed by atoms with Crippen LogP contribution < -0.4 is 16.8 Å². The molecule has 0 fully saturated rings.